The number of carbonyl (C=O) groups excluding carboxylic acids is 2. The molecule has 1 unspecified atom stereocenters. The number of nitrogens with zero attached hydrogens (tertiary/aromatic N) is 2. The normalized spacial score (nSPS) is 22.6. The van der Waals surface area contributed by atoms with Crippen LogP contribution < -0.4 is 10.1 Å². The molecule has 1 aromatic heterocycles. The maximum Gasteiger partial charge on any atom is 0.391 e. The van der Waals surface area contributed by atoms with Crippen molar-refractivity contribution in [1.29, 1.82) is 0 Å². The third-order valence-electron chi connectivity index (χ3n) is 6.89. The molecule has 2 fully saturated rings. The first-order chi connectivity index (χ1) is 16.8. The zero-order valence-corrected chi connectivity index (χ0v) is 19.5. The van der Waals surface area contributed by atoms with E-state index in [1.807, 2.05) is 30.3 Å². The first-order valence-corrected chi connectivity index (χ1v) is 12.1. The van der Waals surface area contributed by atoms with Crippen LogP contribution in [0.25, 0.3) is 0 Å². The molecule has 6 nitrogen and oxygen atoms in total. The Kier molecular flexibility index (Phi) is 7.93. The van der Waals surface area contributed by atoms with E-state index in [9.17, 15) is 22.8 Å². The lowest BCUT2D eigenvalue weighted by Gasteiger charge is -2.31. The number of rotatable bonds is 7. The molecule has 2 heterocycles. The summed E-state index contributed by atoms with van der Waals surface area (Å²) in [4.78, 5) is 31.4. The minimum absolute atomic E-state index is 0.0242. The smallest absolute Gasteiger partial charge is 0.391 e. The lowest BCUT2D eigenvalue weighted by molar-refractivity contribution is -0.185. The fourth-order valence-corrected chi connectivity index (χ4v) is 4.84. The van der Waals surface area contributed by atoms with E-state index in [0.717, 1.165) is 12.0 Å². The summed E-state index contributed by atoms with van der Waals surface area (Å²) in [5, 5.41) is 2.85. The number of amides is 2. The van der Waals surface area contributed by atoms with E-state index in [4.69, 9.17) is 4.74 Å². The molecule has 1 aliphatic heterocycles. The number of pyridine rings is 1. The van der Waals surface area contributed by atoms with Gasteiger partial charge in [-0.3, -0.25) is 9.59 Å². The van der Waals surface area contributed by atoms with E-state index in [2.05, 4.69) is 10.3 Å². The molecule has 2 aromatic rings. The number of carbonyl (C=O) groups is 2. The Bertz CT molecular complexity index is 1010. The third-order valence-corrected chi connectivity index (χ3v) is 6.89. The Morgan fingerprint density at radius 3 is 2.49 bits per heavy atom. The van der Waals surface area contributed by atoms with Gasteiger partial charge < -0.3 is 15.0 Å². The summed E-state index contributed by atoms with van der Waals surface area (Å²) >= 11 is 0. The highest BCUT2D eigenvalue weighted by molar-refractivity contribution is 5.94. The number of alkyl halides is 3. The second-order valence-corrected chi connectivity index (χ2v) is 9.36. The van der Waals surface area contributed by atoms with Crippen molar-refractivity contribution in [2.45, 2.75) is 44.8 Å². The number of hydrogen-bond acceptors (Lipinski definition) is 4. The van der Waals surface area contributed by atoms with Gasteiger partial charge in [0.1, 0.15) is 0 Å². The van der Waals surface area contributed by atoms with Crippen molar-refractivity contribution in [3.8, 4) is 5.75 Å². The summed E-state index contributed by atoms with van der Waals surface area (Å²) < 4.78 is 44.7. The van der Waals surface area contributed by atoms with Crippen molar-refractivity contribution < 1.29 is 27.5 Å². The van der Waals surface area contributed by atoms with Gasteiger partial charge in [-0.1, -0.05) is 30.3 Å². The highest BCUT2D eigenvalue weighted by Crippen LogP contribution is 2.40. The molecular weight excluding hydrogens is 459 g/mol. The summed E-state index contributed by atoms with van der Waals surface area (Å²) in [5.41, 5.74) is 1.18. The predicted molar refractivity (Wildman–Crippen MR) is 124 cm³/mol. The Balaban J connectivity index is 1.26. The molecule has 188 valence electrons. The zero-order chi connectivity index (χ0) is 24.8. The predicted octanol–water partition coefficient (Wildman–Crippen LogP) is 4.61. The van der Waals surface area contributed by atoms with E-state index in [-0.39, 0.29) is 55.0 Å². The summed E-state index contributed by atoms with van der Waals surface area (Å²) in [6, 6.07) is 13.0. The fraction of sp³-hybridized carbons (Fsp3) is 0.500. The van der Waals surface area contributed by atoms with Gasteiger partial charge in [-0.15, -0.1) is 0 Å². The van der Waals surface area contributed by atoms with Crippen LogP contribution in [0.3, 0.4) is 0 Å². The average molecular weight is 490 g/mol. The molecule has 9 heteroatoms. The van der Waals surface area contributed by atoms with Crippen molar-refractivity contribution >= 4 is 11.8 Å². The van der Waals surface area contributed by atoms with Crippen molar-refractivity contribution in [2.24, 2.45) is 17.8 Å². The maximum absolute atomic E-state index is 12.9. The second-order valence-electron chi connectivity index (χ2n) is 9.36. The Morgan fingerprint density at radius 2 is 1.77 bits per heavy atom. The molecule has 1 saturated carbocycles. The summed E-state index contributed by atoms with van der Waals surface area (Å²) in [7, 11) is 0. The fourth-order valence-electron chi connectivity index (χ4n) is 4.84. The van der Waals surface area contributed by atoms with Gasteiger partial charge in [0.15, 0.2) is 11.4 Å². The molecule has 1 atom stereocenters. The Labute approximate surface area is 202 Å². The van der Waals surface area contributed by atoms with Gasteiger partial charge in [-0.2, -0.15) is 13.2 Å². The molecule has 1 aromatic carbocycles. The quantitative estimate of drug-likeness (QED) is 0.617. The molecule has 0 spiro atoms. The van der Waals surface area contributed by atoms with Crippen LogP contribution in [0.5, 0.6) is 5.75 Å². The van der Waals surface area contributed by atoms with Crippen molar-refractivity contribution in [3.63, 3.8) is 0 Å². The first-order valence-electron chi connectivity index (χ1n) is 12.1. The van der Waals surface area contributed by atoms with Crippen LogP contribution in [0.4, 0.5) is 13.2 Å². The van der Waals surface area contributed by atoms with Gasteiger partial charge in [0.2, 0.25) is 5.91 Å². The lowest BCUT2D eigenvalue weighted by Crippen LogP contribution is -2.38. The van der Waals surface area contributed by atoms with Gasteiger partial charge in [-0.25, -0.2) is 4.98 Å². The number of aromatic nitrogens is 1. The number of halogens is 3. The number of ether oxygens (including phenoxy) is 1. The Morgan fingerprint density at radius 1 is 1.03 bits per heavy atom. The highest BCUT2D eigenvalue weighted by Gasteiger charge is 2.43. The van der Waals surface area contributed by atoms with Gasteiger partial charge in [-0.05, 0) is 49.8 Å². The monoisotopic (exact) mass is 489 g/mol. The number of likely N-dealkylation sites (tertiary alicyclic amines) is 1. The maximum atomic E-state index is 12.9. The minimum Gasteiger partial charge on any atom is -0.491 e. The lowest BCUT2D eigenvalue weighted by atomic mass is 9.81. The number of nitrogens with one attached hydrogen (secondary N) is 1. The van der Waals surface area contributed by atoms with Crippen LogP contribution in [0.15, 0.2) is 48.7 Å². The van der Waals surface area contributed by atoms with E-state index in [1.165, 1.54) is 6.20 Å². The summed E-state index contributed by atoms with van der Waals surface area (Å²) in [6.07, 6.45) is -1.26. The van der Waals surface area contributed by atoms with Crippen molar-refractivity contribution in [2.75, 3.05) is 19.7 Å². The topological polar surface area (TPSA) is 71.5 Å². The molecule has 0 radical (unpaired) electrons. The Hall–Kier alpha value is -3.10. The molecule has 2 amide bonds. The minimum atomic E-state index is -4.17. The number of hydrogen-bond donors (Lipinski definition) is 1. The molecule has 1 aliphatic carbocycles. The zero-order valence-electron chi connectivity index (χ0n) is 19.5. The van der Waals surface area contributed by atoms with Crippen LogP contribution >= 0.6 is 0 Å². The third kappa shape index (κ3) is 6.52. The molecule has 35 heavy (non-hydrogen) atoms. The van der Waals surface area contributed by atoms with E-state index in [1.54, 1.807) is 17.0 Å². The molecule has 2 aliphatic rings. The van der Waals surface area contributed by atoms with Gasteiger partial charge >= 0.3 is 6.18 Å². The van der Waals surface area contributed by atoms with E-state index in [0.29, 0.717) is 32.0 Å². The molecule has 0 bridgehead atoms. The largest absolute Gasteiger partial charge is 0.491 e. The second kappa shape index (κ2) is 11.1. The van der Waals surface area contributed by atoms with E-state index < -0.39 is 12.1 Å². The van der Waals surface area contributed by atoms with Crippen molar-refractivity contribution in [3.05, 3.63) is 59.9 Å². The van der Waals surface area contributed by atoms with Crippen LogP contribution in [0.2, 0.25) is 0 Å². The average Bonchev–Trinajstić information content (AvgIpc) is 3.35. The van der Waals surface area contributed by atoms with Crippen LogP contribution in [-0.2, 0) is 11.3 Å². The van der Waals surface area contributed by atoms with Crippen LogP contribution in [0.1, 0.15) is 48.2 Å². The first kappa shape index (κ1) is 25.0. The van der Waals surface area contributed by atoms with Crippen LogP contribution in [-0.4, -0.2) is 47.6 Å². The van der Waals surface area contributed by atoms with Gasteiger partial charge in [0.25, 0.3) is 5.91 Å². The van der Waals surface area contributed by atoms with Crippen LogP contribution in [0, 0.1) is 17.8 Å². The van der Waals surface area contributed by atoms with Crippen molar-refractivity contribution in [1.82, 2.24) is 15.2 Å². The summed E-state index contributed by atoms with van der Waals surface area (Å²) in [6.45, 7) is 1.78. The molecule has 4 rings (SSSR count). The summed E-state index contributed by atoms with van der Waals surface area (Å²) in [5.74, 6) is -1.52. The SMILES string of the molecule is O=C(NCc1ccccc1)c1ncccc1OCC1CCN(C(=O)[C@H]2CC[C@H](C(F)(F)F)CC2)C1. The molecule has 1 N–H and O–H groups in total. The highest BCUT2D eigenvalue weighted by atomic mass is 19.4. The van der Waals surface area contributed by atoms with E-state index >= 15 is 0 Å². The van der Waals surface area contributed by atoms with Gasteiger partial charge in [0, 0.05) is 37.7 Å². The molecule has 1 saturated heterocycles. The van der Waals surface area contributed by atoms with Gasteiger partial charge in [0.05, 0.1) is 12.5 Å². The molecular formula is C26H30F3N3O3. The standard InChI is InChI=1S/C26H30F3N3O3/c27-26(28,29)21-10-8-20(9-11-21)25(34)32-14-12-19(16-32)17-35-22-7-4-13-30-23(22)24(33)31-15-18-5-2-1-3-6-18/h1-7,13,19-21H,8-12,14-17H2,(H,31,33)/t19?,20-,21-. The number of benzene rings is 1.